The predicted molar refractivity (Wildman–Crippen MR) is 99.0 cm³/mol. The fourth-order valence-electron chi connectivity index (χ4n) is 3.03. The van der Waals surface area contributed by atoms with Crippen LogP contribution in [0, 0.1) is 0 Å². The van der Waals surface area contributed by atoms with Crippen LogP contribution < -0.4 is 9.46 Å². The van der Waals surface area contributed by atoms with Crippen LogP contribution in [0.2, 0.25) is 0 Å². The Bertz CT molecular complexity index is 1070. The van der Waals surface area contributed by atoms with E-state index < -0.39 is 44.4 Å². The Morgan fingerprint density at radius 3 is 2.23 bits per heavy atom. The van der Waals surface area contributed by atoms with Crippen molar-refractivity contribution in [1.29, 1.82) is 0 Å². The summed E-state index contributed by atoms with van der Waals surface area (Å²) in [7, 11) is -4.70. The maximum atomic E-state index is 12.7. The van der Waals surface area contributed by atoms with E-state index in [9.17, 15) is 31.2 Å². The molecule has 0 saturated carbocycles. The third-order valence-corrected chi connectivity index (χ3v) is 6.13. The van der Waals surface area contributed by atoms with Crippen LogP contribution in [0.3, 0.4) is 0 Å². The van der Waals surface area contributed by atoms with Crippen LogP contribution in [-0.4, -0.2) is 43.6 Å². The quantitative estimate of drug-likeness (QED) is 0.769. The molecule has 1 fully saturated rings. The molecule has 11 heteroatoms. The van der Waals surface area contributed by atoms with Crippen molar-refractivity contribution in [3.05, 3.63) is 60.2 Å². The van der Waals surface area contributed by atoms with Gasteiger partial charge in [0, 0.05) is 12.1 Å². The second-order valence-electron chi connectivity index (χ2n) is 6.78. The summed E-state index contributed by atoms with van der Waals surface area (Å²) in [5, 5.41) is 0. The number of rotatable bonds is 5. The first kappa shape index (κ1) is 21.6. The van der Waals surface area contributed by atoms with Crippen LogP contribution in [0.4, 0.5) is 13.2 Å². The van der Waals surface area contributed by atoms with Crippen LogP contribution in [0.25, 0.3) is 0 Å². The van der Waals surface area contributed by atoms with E-state index in [1.165, 1.54) is 17.9 Å². The number of benzene rings is 2. The first-order valence-electron chi connectivity index (χ1n) is 8.73. The minimum absolute atomic E-state index is 0.188. The summed E-state index contributed by atoms with van der Waals surface area (Å²) in [5.74, 6) is -2.46. The highest BCUT2D eigenvalue weighted by Gasteiger charge is 2.51. The highest BCUT2D eigenvalue weighted by Crippen LogP contribution is 2.34. The van der Waals surface area contributed by atoms with Gasteiger partial charge >= 0.3 is 6.36 Å². The molecule has 7 nitrogen and oxygen atoms in total. The lowest BCUT2D eigenvalue weighted by atomic mass is 9.85. The van der Waals surface area contributed by atoms with E-state index in [0.717, 1.165) is 18.2 Å². The molecule has 1 N–H and O–H groups in total. The van der Waals surface area contributed by atoms with Crippen molar-refractivity contribution in [2.75, 3.05) is 6.54 Å². The van der Waals surface area contributed by atoms with Gasteiger partial charge < -0.3 is 9.64 Å². The normalized spacial score (nSPS) is 19.0. The number of nitrogens with zero attached hydrogens (tertiary/aromatic N) is 1. The molecule has 1 unspecified atom stereocenters. The predicted octanol–water partition coefficient (Wildman–Crippen LogP) is 2.69. The topological polar surface area (TPSA) is 92.8 Å². The maximum Gasteiger partial charge on any atom is 0.573 e. The van der Waals surface area contributed by atoms with Gasteiger partial charge in [0.25, 0.3) is 21.8 Å². The molecule has 0 bridgehead atoms. The lowest BCUT2D eigenvalue weighted by molar-refractivity contribution is -0.275. The van der Waals surface area contributed by atoms with Gasteiger partial charge in [0.2, 0.25) is 0 Å². The minimum atomic E-state index is -5.12. The molecule has 30 heavy (non-hydrogen) atoms. The average molecular weight is 442 g/mol. The number of hydrogen-bond donors (Lipinski definition) is 1. The van der Waals surface area contributed by atoms with Crippen LogP contribution >= 0.6 is 0 Å². The number of hydrogen-bond acceptors (Lipinski definition) is 5. The largest absolute Gasteiger partial charge is 0.573 e. The summed E-state index contributed by atoms with van der Waals surface area (Å²) in [6, 6.07) is 12.2. The molecule has 0 radical (unpaired) electrons. The first-order chi connectivity index (χ1) is 13.9. The van der Waals surface area contributed by atoms with Crippen LogP contribution in [0.1, 0.15) is 23.7 Å². The van der Waals surface area contributed by atoms with E-state index in [-0.39, 0.29) is 13.0 Å². The number of amides is 2. The van der Waals surface area contributed by atoms with Crippen LogP contribution in [0.15, 0.2) is 59.5 Å². The smallest absolute Gasteiger partial charge is 0.404 e. The van der Waals surface area contributed by atoms with E-state index >= 15 is 0 Å². The summed E-state index contributed by atoms with van der Waals surface area (Å²) >= 11 is 0. The van der Waals surface area contributed by atoms with Crippen molar-refractivity contribution < 1.29 is 35.9 Å². The van der Waals surface area contributed by atoms with Gasteiger partial charge in [-0.3, -0.25) is 9.59 Å². The van der Waals surface area contributed by atoms with Crippen molar-refractivity contribution in [2.24, 2.45) is 0 Å². The van der Waals surface area contributed by atoms with Crippen LogP contribution in [-0.2, 0) is 14.8 Å². The summed E-state index contributed by atoms with van der Waals surface area (Å²) in [6.45, 7) is 1.62. The molecule has 1 aliphatic heterocycles. The van der Waals surface area contributed by atoms with Crippen molar-refractivity contribution in [1.82, 2.24) is 9.62 Å². The monoisotopic (exact) mass is 442 g/mol. The van der Waals surface area contributed by atoms with Gasteiger partial charge in [-0.2, -0.15) is 0 Å². The summed E-state index contributed by atoms with van der Waals surface area (Å²) in [5.41, 5.74) is -1.15. The number of carbonyl (C=O) groups is 2. The van der Waals surface area contributed by atoms with E-state index in [4.69, 9.17) is 0 Å². The summed E-state index contributed by atoms with van der Waals surface area (Å²) < 4.78 is 68.5. The number of sulfonamides is 1. The molecule has 2 amide bonds. The van der Waals surface area contributed by atoms with Crippen molar-refractivity contribution >= 4 is 21.8 Å². The average Bonchev–Trinajstić information content (AvgIpc) is 2.65. The Hall–Kier alpha value is -3.08. The molecular formula is C19H17F3N2O5S. The molecule has 0 spiro atoms. The Morgan fingerprint density at radius 2 is 1.67 bits per heavy atom. The Labute approximate surface area is 170 Å². The van der Waals surface area contributed by atoms with Gasteiger partial charge in [-0.05, 0) is 37.6 Å². The molecule has 3 rings (SSSR count). The molecule has 1 atom stereocenters. The van der Waals surface area contributed by atoms with Gasteiger partial charge in [-0.25, -0.2) is 13.1 Å². The number of likely N-dealkylation sites (tertiary alicyclic amines) is 1. The number of alkyl halides is 3. The van der Waals surface area contributed by atoms with E-state index in [0.29, 0.717) is 5.56 Å². The van der Waals surface area contributed by atoms with Gasteiger partial charge in [0.05, 0.1) is 0 Å². The zero-order valence-electron chi connectivity index (χ0n) is 15.6. The number of carbonyl (C=O) groups excluding carboxylic acids is 2. The molecule has 1 aliphatic rings. The zero-order chi connectivity index (χ0) is 22.2. The molecule has 0 aliphatic carbocycles. The molecule has 2 aromatic rings. The first-order valence-corrected chi connectivity index (χ1v) is 10.2. The Balaban J connectivity index is 1.83. The molecule has 0 aromatic heterocycles. The SMILES string of the molecule is CC1(C(=O)NS(=O)(=O)c2ccccc2OC(F)(F)F)CCN1C(=O)c1ccccc1. The third-order valence-electron chi connectivity index (χ3n) is 4.76. The number of halogens is 3. The molecule has 160 valence electrons. The Morgan fingerprint density at radius 1 is 1.07 bits per heavy atom. The zero-order valence-corrected chi connectivity index (χ0v) is 16.5. The van der Waals surface area contributed by atoms with E-state index in [1.807, 2.05) is 0 Å². The fourth-order valence-corrected chi connectivity index (χ4v) is 4.23. The minimum Gasteiger partial charge on any atom is -0.404 e. The van der Waals surface area contributed by atoms with Gasteiger partial charge in [-0.1, -0.05) is 30.3 Å². The van der Waals surface area contributed by atoms with Crippen molar-refractivity contribution in [3.63, 3.8) is 0 Å². The van der Waals surface area contributed by atoms with Gasteiger partial charge in [-0.15, -0.1) is 13.2 Å². The number of para-hydroxylation sites is 1. The van der Waals surface area contributed by atoms with Gasteiger partial charge in [0.15, 0.2) is 0 Å². The molecule has 2 aromatic carbocycles. The number of nitrogens with one attached hydrogen (secondary N) is 1. The second-order valence-corrected chi connectivity index (χ2v) is 8.43. The second kappa shape index (κ2) is 7.63. The van der Waals surface area contributed by atoms with Gasteiger partial charge in [0.1, 0.15) is 16.2 Å². The molecule has 1 heterocycles. The highest BCUT2D eigenvalue weighted by molar-refractivity contribution is 7.90. The molecule has 1 saturated heterocycles. The maximum absolute atomic E-state index is 12.7. The van der Waals surface area contributed by atoms with Crippen molar-refractivity contribution in [3.8, 4) is 5.75 Å². The Kier molecular flexibility index (Phi) is 5.50. The third kappa shape index (κ3) is 4.25. The van der Waals surface area contributed by atoms with E-state index in [2.05, 4.69) is 4.74 Å². The van der Waals surface area contributed by atoms with E-state index in [1.54, 1.807) is 35.1 Å². The summed E-state index contributed by atoms with van der Waals surface area (Å²) in [6.07, 6.45) is -4.93. The lowest BCUT2D eigenvalue weighted by Crippen LogP contribution is -2.67. The lowest BCUT2D eigenvalue weighted by Gasteiger charge is -2.48. The standard InChI is InChI=1S/C19H17F3N2O5S/c1-18(11-12-24(18)16(25)13-7-3-2-4-8-13)17(26)23-30(27,28)15-10-6-5-9-14(15)29-19(20,21)22/h2-10H,11-12H2,1H3,(H,23,26). The van der Waals surface area contributed by atoms with Crippen molar-refractivity contribution in [2.45, 2.75) is 30.1 Å². The highest BCUT2D eigenvalue weighted by atomic mass is 32.2. The van der Waals surface area contributed by atoms with Crippen LogP contribution in [0.5, 0.6) is 5.75 Å². The summed E-state index contributed by atoms with van der Waals surface area (Å²) in [4.78, 5) is 25.7. The number of ether oxygens (including phenoxy) is 1. The molecular weight excluding hydrogens is 425 g/mol. The fraction of sp³-hybridized carbons (Fsp3) is 0.263.